The summed E-state index contributed by atoms with van der Waals surface area (Å²) in [6.45, 7) is 22.3. The van der Waals surface area contributed by atoms with Crippen molar-refractivity contribution in [2.24, 2.45) is 39.4 Å². The second kappa shape index (κ2) is 11.0. The van der Waals surface area contributed by atoms with Crippen LogP contribution in [0.25, 0.3) is 0 Å². The van der Waals surface area contributed by atoms with Gasteiger partial charge >= 0.3 is 0 Å². The number of carbonyl (C=O) groups is 2. The number of hydrogen-bond donors (Lipinski definition) is 0. The van der Waals surface area contributed by atoms with Crippen LogP contribution in [-0.2, 0) is 9.59 Å². The van der Waals surface area contributed by atoms with Gasteiger partial charge in [0.25, 0.3) is 0 Å². The quantitative estimate of drug-likeness (QED) is 0.310. The molecular formula is C35H56O2. The van der Waals surface area contributed by atoms with Crippen LogP contribution in [0.5, 0.6) is 0 Å². The van der Waals surface area contributed by atoms with Crippen molar-refractivity contribution in [2.45, 2.75) is 133 Å². The Morgan fingerprint density at radius 3 is 2.11 bits per heavy atom. The number of fused-ring (bicyclic) bond motifs is 3. The van der Waals surface area contributed by atoms with Gasteiger partial charge in [-0.05, 0) is 86.5 Å². The van der Waals surface area contributed by atoms with Gasteiger partial charge in [-0.3, -0.25) is 9.59 Å². The number of rotatable bonds is 9. The lowest BCUT2D eigenvalue weighted by atomic mass is 9.47. The van der Waals surface area contributed by atoms with E-state index in [1.165, 1.54) is 17.6 Å². The summed E-state index contributed by atoms with van der Waals surface area (Å²) in [6, 6.07) is 0. The highest BCUT2D eigenvalue weighted by Gasteiger charge is 2.57. The lowest BCUT2D eigenvalue weighted by molar-refractivity contribution is -0.151. The maximum Gasteiger partial charge on any atom is 0.168 e. The number of carbonyl (C=O) groups excluding carboxylic acids is 2. The molecule has 0 saturated heterocycles. The molecule has 2 heteroatoms. The summed E-state index contributed by atoms with van der Waals surface area (Å²) in [5.74, 6) is 1.86. The molecule has 0 aromatic carbocycles. The summed E-state index contributed by atoms with van der Waals surface area (Å²) in [6.07, 6.45) is 17.1. The molecule has 208 valence electrons. The van der Waals surface area contributed by atoms with Gasteiger partial charge in [-0.25, -0.2) is 0 Å². The first kappa shape index (κ1) is 30.1. The minimum atomic E-state index is -0.314. The van der Waals surface area contributed by atoms with Crippen LogP contribution in [0.15, 0.2) is 34.9 Å². The zero-order valence-corrected chi connectivity index (χ0v) is 25.9. The SMILES string of the molecule is CCC(C)(CC)C(=O)C1=CCC2C=C(C=C1C(C)C)CCC1C(C)(C(=O)C(C)(CC)CC)CCCC21C. The van der Waals surface area contributed by atoms with Gasteiger partial charge in [0.1, 0.15) is 5.78 Å². The number of allylic oxidation sites excluding steroid dienone is 6. The highest BCUT2D eigenvalue weighted by atomic mass is 16.1. The standard InChI is InChI=1S/C35H56O2/c1-11-32(7,12-2)30(36)27-18-17-26-22-25(23-28(27)24(5)6)16-19-29-34(26,9)20-15-21-35(29,10)31(37)33(8,13-3)14-4/h18,22-24,26,29H,11-17,19-21H2,1-10H3. The smallest absolute Gasteiger partial charge is 0.168 e. The van der Waals surface area contributed by atoms with Crippen molar-refractivity contribution in [3.63, 3.8) is 0 Å². The van der Waals surface area contributed by atoms with E-state index in [4.69, 9.17) is 0 Å². The van der Waals surface area contributed by atoms with Gasteiger partial charge in [-0.1, -0.05) is 99.5 Å². The van der Waals surface area contributed by atoms with E-state index < -0.39 is 0 Å². The number of hydrogen-bond acceptors (Lipinski definition) is 2. The third-order valence-electron chi connectivity index (χ3n) is 11.8. The van der Waals surface area contributed by atoms with Crippen molar-refractivity contribution >= 4 is 11.6 Å². The molecule has 0 heterocycles. The fourth-order valence-electron chi connectivity index (χ4n) is 8.08. The molecule has 2 bridgehead atoms. The molecule has 0 amide bonds. The normalized spacial score (nSPS) is 30.8. The van der Waals surface area contributed by atoms with Crippen molar-refractivity contribution in [3.05, 3.63) is 34.9 Å². The molecule has 3 aliphatic carbocycles. The molecule has 3 aliphatic rings. The average Bonchev–Trinajstić information content (AvgIpc) is 3.02. The summed E-state index contributed by atoms with van der Waals surface area (Å²) in [5.41, 5.74) is 2.80. The molecule has 1 fully saturated rings. The van der Waals surface area contributed by atoms with Crippen molar-refractivity contribution in [3.8, 4) is 0 Å². The Balaban J connectivity index is 2.12. The van der Waals surface area contributed by atoms with Crippen molar-refractivity contribution in [1.82, 2.24) is 0 Å². The topological polar surface area (TPSA) is 34.1 Å². The second-order valence-electron chi connectivity index (χ2n) is 14.0. The first-order chi connectivity index (χ1) is 17.3. The van der Waals surface area contributed by atoms with E-state index in [0.29, 0.717) is 29.3 Å². The third kappa shape index (κ3) is 5.12. The highest BCUT2D eigenvalue weighted by molar-refractivity contribution is 6.03. The van der Waals surface area contributed by atoms with Crippen LogP contribution in [0.1, 0.15) is 133 Å². The molecule has 0 N–H and O–H groups in total. The van der Waals surface area contributed by atoms with E-state index in [1.807, 2.05) is 0 Å². The summed E-state index contributed by atoms with van der Waals surface area (Å²) >= 11 is 0. The first-order valence-corrected chi connectivity index (χ1v) is 15.5. The summed E-state index contributed by atoms with van der Waals surface area (Å²) in [7, 11) is 0. The molecule has 3 rings (SSSR count). The van der Waals surface area contributed by atoms with E-state index >= 15 is 0 Å². The Labute approximate surface area is 228 Å². The van der Waals surface area contributed by atoms with Crippen molar-refractivity contribution in [1.29, 1.82) is 0 Å². The minimum Gasteiger partial charge on any atom is -0.298 e. The van der Waals surface area contributed by atoms with Gasteiger partial charge in [0.05, 0.1) is 0 Å². The summed E-state index contributed by atoms with van der Waals surface area (Å²) < 4.78 is 0. The second-order valence-corrected chi connectivity index (χ2v) is 14.0. The zero-order chi connectivity index (χ0) is 27.8. The van der Waals surface area contributed by atoms with Crippen LogP contribution in [0.2, 0.25) is 0 Å². The molecule has 0 aliphatic heterocycles. The predicted molar refractivity (Wildman–Crippen MR) is 157 cm³/mol. The van der Waals surface area contributed by atoms with Crippen molar-refractivity contribution < 1.29 is 9.59 Å². The fraction of sp³-hybridized carbons (Fsp3) is 0.771. The van der Waals surface area contributed by atoms with Gasteiger partial charge in [0.2, 0.25) is 0 Å². The third-order valence-corrected chi connectivity index (χ3v) is 11.8. The molecule has 4 atom stereocenters. The summed E-state index contributed by atoms with van der Waals surface area (Å²) in [5, 5.41) is 0. The van der Waals surface area contributed by atoms with E-state index in [9.17, 15) is 9.59 Å². The molecule has 0 aromatic rings. The van der Waals surface area contributed by atoms with Crippen LogP contribution in [-0.4, -0.2) is 11.6 Å². The molecule has 37 heavy (non-hydrogen) atoms. The molecule has 1 saturated carbocycles. The molecular weight excluding hydrogens is 452 g/mol. The Morgan fingerprint density at radius 2 is 1.57 bits per heavy atom. The van der Waals surface area contributed by atoms with Gasteiger partial charge in [0, 0.05) is 21.8 Å². The highest BCUT2D eigenvalue weighted by Crippen LogP contribution is 2.61. The molecule has 2 nitrogen and oxygen atoms in total. The van der Waals surface area contributed by atoms with Crippen LogP contribution < -0.4 is 0 Å². The van der Waals surface area contributed by atoms with Crippen LogP contribution >= 0.6 is 0 Å². The van der Waals surface area contributed by atoms with E-state index in [-0.39, 0.29) is 21.7 Å². The van der Waals surface area contributed by atoms with Crippen LogP contribution in [0, 0.1) is 39.4 Å². The van der Waals surface area contributed by atoms with E-state index in [1.54, 1.807) is 0 Å². The van der Waals surface area contributed by atoms with Crippen LogP contribution in [0.4, 0.5) is 0 Å². The predicted octanol–water partition coefficient (Wildman–Crippen LogP) is 9.84. The van der Waals surface area contributed by atoms with E-state index in [0.717, 1.165) is 63.4 Å². The van der Waals surface area contributed by atoms with E-state index in [2.05, 4.69) is 87.5 Å². The van der Waals surface area contributed by atoms with Gasteiger partial charge in [0.15, 0.2) is 5.78 Å². The van der Waals surface area contributed by atoms with Gasteiger partial charge in [-0.2, -0.15) is 0 Å². The lowest BCUT2D eigenvalue weighted by Crippen LogP contribution is -2.53. The van der Waals surface area contributed by atoms with Crippen LogP contribution in [0.3, 0.4) is 0 Å². The zero-order valence-electron chi connectivity index (χ0n) is 25.9. The Morgan fingerprint density at radius 1 is 0.973 bits per heavy atom. The average molecular weight is 509 g/mol. The number of ketones is 2. The largest absolute Gasteiger partial charge is 0.298 e. The van der Waals surface area contributed by atoms with Gasteiger partial charge < -0.3 is 0 Å². The lowest BCUT2D eigenvalue weighted by Gasteiger charge is -2.55. The fourth-order valence-corrected chi connectivity index (χ4v) is 8.08. The Bertz CT molecular complexity index is 967. The first-order valence-electron chi connectivity index (χ1n) is 15.5. The Hall–Kier alpha value is -1.44. The molecule has 0 aromatic heterocycles. The monoisotopic (exact) mass is 508 g/mol. The summed E-state index contributed by atoms with van der Waals surface area (Å²) in [4.78, 5) is 28.3. The molecule has 0 spiro atoms. The Kier molecular flexibility index (Phi) is 8.93. The molecule has 4 unspecified atom stereocenters. The minimum absolute atomic E-state index is 0.0689. The van der Waals surface area contributed by atoms with Crippen molar-refractivity contribution in [2.75, 3.05) is 0 Å². The van der Waals surface area contributed by atoms with Gasteiger partial charge in [-0.15, -0.1) is 0 Å². The maximum absolute atomic E-state index is 14.3. The number of Topliss-reactive ketones (excluding diaryl/α,β-unsaturated/α-hetero) is 2. The maximum atomic E-state index is 14.3. The molecule has 0 radical (unpaired) electrons.